The molecule has 40 heavy (non-hydrogen) atoms. The maximum atomic E-state index is 13.5. The number of aliphatic hydroxyl groups is 1. The lowest BCUT2D eigenvalue weighted by atomic mass is 9.81. The minimum Gasteiger partial charge on any atom is -0.491 e. The number of ether oxygens (including phenoxy) is 1. The van der Waals surface area contributed by atoms with Gasteiger partial charge in [-0.15, -0.1) is 0 Å². The maximum Gasteiger partial charge on any atom is 0.252 e. The zero-order valence-electron chi connectivity index (χ0n) is 23.7. The van der Waals surface area contributed by atoms with Gasteiger partial charge in [-0.25, -0.2) is 0 Å². The van der Waals surface area contributed by atoms with Crippen LogP contribution >= 0.6 is 0 Å². The molecule has 2 saturated carbocycles. The van der Waals surface area contributed by atoms with E-state index >= 15 is 0 Å². The van der Waals surface area contributed by atoms with Gasteiger partial charge in [-0.05, 0) is 88.1 Å². The van der Waals surface area contributed by atoms with Gasteiger partial charge < -0.3 is 25.0 Å². The Morgan fingerprint density at radius 3 is 2.50 bits per heavy atom. The summed E-state index contributed by atoms with van der Waals surface area (Å²) in [5, 5.41) is 17.1. The monoisotopic (exact) mass is 543 g/mol. The van der Waals surface area contributed by atoms with Crippen LogP contribution < -0.4 is 15.4 Å². The second-order valence-electron chi connectivity index (χ2n) is 12.4. The first-order valence-electron chi connectivity index (χ1n) is 15.0. The number of rotatable bonds is 5. The molecule has 3 N–H and O–H groups in total. The van der Waals surface area contributed by atoms with Gasteiger partial charge in [0.15, 0.2) is 0 Å². The molecule has 0 bridgehead atoms. The summed E-state index contributed by atoms with van der Waals surface area (Å²) in [6.45, 7) is 4.77. The summed E-state index contributed by atoms with van der Waals surface area (Å²) in [7, 11) is 0. The van der Waals surface area contributed by atoms with Crippen molar-refractivity contribution < 1.29 is 19.4 Å². The van der Waals surface area contributed by atoms with E-state index in [1.54, 1.807) is 13.8 Å². The number of nitrogens with zero attached hydrogens (tertiary/aromatic N) is 1. The minimum atomic E-state index is -1.07. The van der Waals surface area contributed by atoms with Crippen LogP contribution in [0.4, 0.5) is 0 Å². The first-order chi connectivity index (χ1) is 19.3. The van der Waals surface area contributed by atoms with Gasteiger partial charge in [-0.2, -0.15) is 0 Å². The van der Waals surface area contributed by atoms with Crippen LogP contribution in [-0.4, -0.2) is 45.8 Å². The molecule has 6 rings (SSSR count). The van der Waals surface area contributed by atoms with E-state index in [9.17, 15) is 14.7 Å². The SMILES string of the molecule is CC(C)(NC(=O)c1ccc2c(C3CCCCC3)c3n(c2c1)CCOc1ccccc1-3)C(=O)N[C@H]1CC[C@H](O)CC1. The molecule has 2 heterocycles. The predicted molar refractivity (Wildman–Crippen MR) is 157 cm³/mol. The van der Waals surface area contributed by atoms with Gasteiger partial charge in [-0.1, -0.05) is 37.5 Å². The summed E-state index contributed by atoms with van der Waals surface area (Å²) in [4.78, 5) is 26.6. The fourth-order valence-corrected chi connectivity index (χ4v) is 6.88. The van der Waals surface area contributed by atoms with Gasteiger partial charge >= 0.3 is 0 Å². The Balaban J connectivity index is 1.32. The number of carbonyl (C=O) groups excluding carboxylic acids is 2. The zero-order chi connectivity index (χ0) is 27.9. The van der Waals surface area contributed by atoms with E-state index in [0.717, 1.165) is 29.7 Å². The van der Waals surface area contributed by atoms with Gasteiger partial charge in [0.25, 0.3) is 5.91 Å². The van der Waals surface area contributed by atoms with Crippen LogP contribution in [0.5, 0.6) is 5.75 Å². The Kier molecular flexibility index (Phi) is 7.34. The molecular formula is C33H41N3O4. The minimum absolute atomic E-state index is 0.0305. The Bertz CT molecular complexity index is 1410. The van der Waals surface area contributed by atoms with Crippen molar-refractivity contribution in [3.8, 4) is 17.0 Å². The molecular weight excluding hydrogens is 502 g/mol. The van der Waals surface area contributed by atoms with Crippen molar-refractivity contribution in [1.82, 2.24) is 15.2 Å². The van der Waals surface area contributed by atoms with Crippen molar-refractivity contribution in [1.29, 1.82) is 0 Å². The van der Waals surface area contributed by atoms with E-state index in [1.165, 1.54) is 48.7 Å². The van der Waals surface area contributed by atoms with Crippen molar-refractivity contribution in [2.45, 2.75) is 102 Å². The Hall–Kier alpha value is -3.32. The highest BCUT2D eigenvalue weighted by atomic mass is 16.5. The molecule has 0 radical (unpaired) electrons. The van der Waals surface area contributed by atoms with Gasteiger partial charge in [0.2, 0.25) is 5.91 Å². The molecule has 0 saturated heterocycles. The molecule has 1 aliphatic heterocycles. The van der Waals surface area contributed by atoms with E-state index in [0.29, 0.717) is 37.5 Å². The molecule has 3 aromatic rings. The Morgan fingerprint density at radius 2 is 1.73 bits per heavy atom. The molecule has 0 atom stereocenters. The molecule has 2 amide bonds. The average molecular weight is 544 g/mol. The zero-order valence-corrected chi connectivity index (χ0v) is 23.7. The molecule has 2 fully saturated rings. The Morgan fingerprint density at radius 1 is 0.975 bits per heavy atom. The van der Waals surface area contributed by atoms with Gasteiger partial charge in [0.05, 0.1) is 18.3 Å². The number of hydrogen-bond donors (Lipinski definition) is 3. The number of carbonyl (C=O) groups is 2. The third-order valence-corrected chi connectivity index (χ3v) is 9.12. The fraction of sp³-hybridized carbons (Fsp3) is 0.515. The van der Waals surface area contributed by atoms with Crippen LogP contribution in [0.3, 0.4) is 0 Å². The summed E-state index contributed by atoms with van der Waals surface area (Å²) in [6, 6.07) is 14.3. The molecule has 0 unspecified atom stereocenters. The van der Waals surface area contributed by atoms with Crippen LogP contribution in [0.1, 0.15) is 93.5 Å². The molecule has 0 spiro atoms. The van der Waals surface area contributed by atoms with E-state index in [-0.39, 0.29) is 24.0 Å². The second kappa shape index (κ2) is 10.9. The van der Waals surface area contributed by atoms with Crippen molar-refractivity contribution in [2.75, 3.05) is 6.61 Å². The number of aromatic nitrogens is 1. The predicted octanol–water partition coefficient (Wildman–Crippen LogP) is 5.68. The number of fused-ring (bicyclic) bond motifs is 5. The molecule has 2 aliphatic carbocycles. The molecule has 2 aromatic carbocycles. The lowest BCUT2D eigenvalue weighted by molar-refractivity contribution is -0.127. The summed E-state index contributed by atoms with van der Waals surface area (Å²) in [5.74, 6) is 0.940. The van der Waals surface area contributed by atoms with E-state index in [2.05, 4.69) is 39.5 Å². The molecule has 7 heteroatoms. The van der Waals surface area contributed by atoms with Crippen molar-refractivity contribution in [3.05, 3.63) is 53.6 Å². The summed E-state index contributed by atoms with van der Waals surface area (Å²) in [5.41, 5.74) is 4.25. The number of hydrogen-bond acceptors (Lipinski definition) is 4. The number of amides is 2. The summed E-state index contributed by atoms with van der Waals surface area (Å²) in [6.07, 6.45) is 8.75. The maximum absolute atomic E-state index is 13.5. The highest BCUT2D eigenvalue weighted by Crippen LogP contribution is 2.47. The lowest BCUT2D eigenvalue weighted by Gasteiger charge is -2.31. The van der Waals surface area contributed by atoms with Gasteiger partial charge in [0.1, 0.15) is 17.9 Å². The van der Waals surface area contributed by atoms with Gasteiger partial charge in [-0.3, -0.25) is 9.59 Å². The van der Waals surface area contributed by atoms with Crippen molar-refractivity contribution >= 4 is 22.7 Å². The van der Waals surface area contributed by atoms with Crippen LogP contribution in [0.2, 0.25) is 0 Å². The number of aliphatic hydroxyl groups excluding tert-OH is 1. The van der Waals surface area contributed by atoms with Crippen LogP contribution in [0.15, 0.2) is 42.5 Å². The van der Waals surface area contributed by atoms with Crippen molar-refractivity contribution in [2.24, 2.45) is 0 Å². The molecule has 1 aromatic heterocycles. The number of benzene rings is 2. The Labute approximate surface area is 236 Å². The van der Waals surface area contributed by atoms with Crippen molar-refractivity contribution in [3.63, 3.8) is 0 Å². The molecule has 7 nitrogen and oxygen atoms in total. The summed E-state index contributed by atoms with van der Waals surface area (Å²) < 4.78 is 8.50. The molecule has 212 valence electrons. The standard InChI is InChI=1S/C33H41N3O4/c1-33(2,32(39)34-23-13-15-24(37)16-14-23)35-31(38)22-12-17-25-27(20-22)36-18-19-40-28-11-7-6-10-26(28)30(36)29(25)21-8-4-3-5-9-21/h6-7,10-12,17,20-21,23-24,37H,3-5,8-9,13-16,18-19H2,1-2H3,(H,34,39)(H,35,38)/t23-,24-. The highest BCUT2D eigenvalue weighted by molar-refractivity contribution is 6.03. The first-order valence-corrected chi connectivity index (χ1v) is 15.0. The normalized spacial score (nSPS) is 21.6. The second-order valence-corrected chi connectivity index (χ2v) is 12.4. The molecule has 3 aliphatic rings. The fourth-order valence-electron chi connectivity index (χ4n) is 6.88. The van der Waals surface area contributed by atoms with Crippen LogP contribution in [0, 0.1) is 0 Å². The third kappa shape index (κ3) is 5.12. The summed E-state index contributed by atoms with van der Waals surface area (Å²) >= 11 is 0. The van der Waals surface area contributed by atoms with Crippen LogP contribution in [-0.2, 0) is 11.3 Å². The lowest BCUT2D eigenvalue weighted by Crippen LogP contribution is -2.57. The van der Waals surface area contributed by atoms with Gasteiger partial charge in [0, 0.05) is 28.1 Å². The largest absolute Gasteiger partial charge is 0.491 e. The van der Waals surface area contributed by atoms with E-state index in [1.807, 2.05) is 18.2 Å². The number of para-hydroxylation sites is 1. The van der Waals surface area contributed by atoms with E-state index in [4.69, 9.17) is 4.74 Å². The quantitative estimate of drug-likeness (QED) is 0.386. The topological polar surface area (TPSA) is 92.6 Å². The smallest absolute Gasteiger partial charge is 0.252 e. The number of nitrogens with one attached hydrogen (secondary N) is 2. The average Bonchev–Trinajstić information content (AvgIpc) is 3.15. The highest BCUT2D eigenvalue weighted by Gasteiger charge is 2.33. The third-order valence-electron chi connectivity index (χ3n) is 9.12. The van der Waals surface area contributed by atoms with E-state index < -0.39 is 5.54 Å². The first kappa shape index (κ1) is 26.9. The van der Waals surface area contributed by atoms with Crippen LogP contribution in [0.25, 0.3) is 22.2 Å².